The summed E-state index contributed by atoms with van der Waals surface area (Å²) in [5, 5.41) is 15.2. The maximum atomic E-state index is 4.30. The minimum Gasteiger partial charge on any atom is -0.308 e. The molecule has 2 aromatic heterocycles. The number of rotatable bonds is 5. The van der Waals surface area contributed by atoms with E-state index in [1.165, 1.54) is 11.3 Å². The molecule has 0 aliphatic rings. The van der Waals surface area contributed by atoms with Crippen molar-refractivity contribution in [2.24, 2.45) is 0 Å². The Morgan fingerprint density at radius 1 is 1.35 bits per heavy atom. The van der Waals surface area contributed by atoms with Crippen LogP contribution in [0.25, 0.3) is 0 Å². The van der Waals surface area contributed by atoms with E-state index in [2.05, 4.69) is 55.2 Å². The van der Waals surface area contributed by atoms with Gasteiger partial charge in [0.2, 0.25) is 0 Å². The molecule has 0 spiro atoms. The number of hydrogen-bond donors (Lipinski definition) is 2. The van der Waals surface area contributed by atoms with Gasteiger partial charge in [-0.2, -0.15) is 10.2 Å². The third kappa shape index (κ3) is 3.28. The van der Waals surface area contributed by atoms with Crippen molar-refractivity contribution >= 4 is 0 Å². The first-order valence-electron chi connectivity index (χ1n) is 7.15. The average molecular weight is 275 g/mol. The Bertz CT molecular complexity index is 521. The summed E-state index contributed by atoms with van der Waals surface area (Å²) in [7, 11) is 0. The molecule has 0 aliphatic heterocycles. The summed E-state index contributed by atoms with van der Waals surface area (Å²) in [4.78, 5) is 0. The van der Waals surface area contributed by atoms with Crippen LogP contribution >= 0.6 is 0 Å². The fourth-order valence-corrected chi connectivity index (χ4v) is 2.29. The highest BCUT2D eigenvalue weighted by Crippen LogP contribution is 2.23. The molecule has 5 nitrogen and oxygen atoms in total. The van der Waals surface area contributed by atoms with Gasteiger partial charge in [-0.1, -0.05) is 20.8 Å². The quantitative estimate of drug-likeness (QED) is 0.882. The van der Waals surface area contributed by atoms with Crippen LogP contribution < -0.4 is 5.32 Å². The maximum Gasteiger partial charge on any atom is 0.0641 e. The van der Waals surface area contributed by atoms with Crippen molar-refractivity contribution in [3.8, 4) is 0 Å². The molecule has 2 aromatic rings. The molecule has 2 heterocycles. The van der Waals surface area contributed by atoms with Gasteiger partial charge in [0.15, 0.2) is 0 Å². The summed E-state index contributed by atoms with van der Waals surface area (Å²) in [5.74, 6) is 0. The Balaban J connectivity index is 1.97. The lowest BCUT2D eigenvalue weighted by Crippen LogP contribution is -2.34. The van der Waals surface area contributed by atoms with Crippen LogP contribution in [0, 0.1) is 0 Å². The number of aromatic nitrogens is 4. The van der Waals surface area contributed by atoms with Crippen molar-refractivity contribution in [2.45, 2.75) is 58.7 Å². The van der Waals surface area contributed by atoms with Crippen LogP contribution in [-0.2, 0) is 12.0 Å². The summed E-state index contributed by atoms with van der Waals surface area (Å²) in [6.45, 7) is 11.8. The highest BCUT2D eigenvalue weighted by atomic mass is 15.3. The first kappa shape index (κ1) is 14.8. The largest absolute Gasteiger partial charge is 0.308 e. The third-order valence-corrected chi connectivity index (χ3v) is 3.75. The first-order valence-corrected chi connectivity index (χ1v) is 7.15. The van der Waals surface area contributed by atoms with E-state index in [-0.39, 0.29) is 5.41 Å². The normalized spacial score (nSPS) is 15.2. The number of nitrogens with one attached hydrogen (secondary N) is 2. The molecule has 0 saturated carbocycles. The van der Waals surface area contributed by atoms with Crippen molar-refractivity contribution < 1.29 is 0 Å². The molecule has 0 amide bonds. The Labute approximate surface area is 120 Å². The second kappa shape index (κ2) is 5.79. The van der Waals surface area contributed by atoms with Gasteiger partial charge in [0.1, 0.15) is 0 Å². The summed E-state index contributed by atoms with van der Waals surface area (Å²) in [6, 6.07) is 2.60. The Hall–Kier alpha value is -1.62. The Morgan fingerprint density at radius 2 is 2.10 bits per heavy atom. The molecule has 110 valence electrons. The summed E-state index contributed by atoms with van der Waals surface area (Å²) >= 11 is 0. The van der Waals surface area contributed by atoms with Gasteiger partial charge in [-0.3, -0.25) is 9.78 Å². The zero-order chi connectivity index (χ0) is 14.8. The zero-order valence-electron chi connectivity index (χ0n) is 13.0. The van der Waals surface area contributed by atoms with Crippen molar-refractivity contribution in [3.05, 3.63) is 35.9 Å². The summed E-state index contributed by atoms with van der Waals surface area (Å²) in [6.07, 6.45) is 5.73. The van der Waals surface area contributed by atoms with Crippen LogP contribution in [0.1, 0.15) is 51.9 Å². The van der Waals surface area contributed by atoms with E-state index in [1.54, 1.807) is 0 Å². The van der Waals surface area contributed by atoms with Crippen molar-refractivity contribution in [2.75, 3.05) is 0 Å². The maximum absolute atomic E-state index is 4.30. The lowest BCUT2D eigenvalue weighted by molar-refractivity contribution is 0.364. The van der Waals surface area contributed by atoms with E-state index in [0.717, 1.165) is 6.54 Å². The highest BCUT2D eigenvalue weighted by molar-refractivity contribution is 5.23. The molecule has 0 bridgehead atoms. The van der Waals surface area contributed by atoms with Gasteiger partial charge < -0.3 is 5.32 Å². The van der Waals surface area contributed by atoms with Gasteiger partial charge in [0, 0.05) is 41.7 Å². The molecule has 0 aromatic carbocycles. The summed E-state index contributed by atoms with van der Waals surface area (Å²) in [5.41, 5.74) is 2.52. The van der Waals surface area contributed by atoms with Crippen molar-refractivity contribution in [1.82, 2.24) is 25.3 Å². The van der Waals surface area contributed by atoms with Crippen LogP contribution in [0.2, 0.25) is 0 Å². The molecule has 2 atom stereocenters. The number of H-pyrrole nitrogens is 1. The van der Waals surface area contributed by atoms with Gasteiger partial charge >= 0.3 is 0 Å². The molecule has 0 unspecified atom stereocenters. The van der Waals surface area contributed by atoms with E-state index in [9.17, 15) is 0 Å². The predicted octanol–water partition coefficient (Wildman–Crippen LogP) is 2.64. The topological polar surface area (TPSA) is 58.5 Å². The van der Waals surface area contributed by atoms with Crippen LogP contribution in [-0.4, -0.2) is 26.0 Å². The molecule has 0 aliphatic carbocycles. The molecule has 2 N–H and O–H groups in total. The fourth-order valence-electron chi connectivity index (χ4n) is 2.29. The minimum absolute atomic E-state index is 0.0876. The van der Waals surface area contributed by atoms with Crippen LogP contribution in [0.4, 0.5) is 0 Å². The van der Waals surface area contributed by atoms with E-state index in [1.807, 2.05) is 29.3 Å². The SMILES string of the molecule is C[C@H](NCc1cn[nH]c1C(C)(C)C)[C@@H](C)n1cccn1. The zero-order valence-corrected chi connectivity index (χ0v) is 13.0. The molecule has 0 fully saturated rings. The standard InChI is InChI=1S/C15H25N5/c1-11(12(2)20-8-6-7-18-20)16-9-13-10-17-19-14(13)15(3,4)5/h6-8,10-12,16H,9H2,1-5H3,(H,17,19)/t11-,12+/m0/s1. The number of nitrogens with zero attached hydrogens (tertiary/aromatic N) is 3. The van der Waals surface area contributed by atoms with Gasteiger partial charge in [-0.05, 0) is 19.9 Å². The lowest BCUT2D eigenvalue weighted by atomic mass is 9.89. The van der Waals surface area contributed by atoms with E-state index < -0.39 is 0 Å². The van der Waals surface area contributed by atoms with E-state index >= 15 is 0 Å². The van der Waals surface area contributed by atoms with Crippen LogP contribution in [0.15, 0.2) is 24.7 Å². The smallest absolute Gasteiger partial charge is 0.0641 e. The van der Waals surface area contributed by atoms with Crippen molar-refractivity contribution in [1.29, 1.82) is 0 Å². The molecular weight excluding hydrogens is 250 g/mol. The highest BCUT2D eigenvalue weighted by Gasteiger charge is 2.21. The number of hydrogen-bond acceptors (Lipinski definition) is 3. The van der Waals surface area contributed by atoms with Gasteiger partial charge in [0.05, 0.1) is 12.2 Å². The van der Waals surface area contributed by atoms with E-state index in [0.29, 0.717) is 12.1 Å². The van der Waals surface area contributed by atoms with Crippen LogP contribution in [0.3, 0.4) is 0 Å². The number of aromatic amines is 1. The fraction of sp³-hybridized carbons (Fsp3) is 0.600. The second-order valence-corrected chi connectivity index (χ2v) is 6.42. The lowest BCUT2D eigenvalue weighted by Gasteiger charge is -2.23. The molecule has 20 heavy (non-hydrogen) atoms. The third-order valence-electron chi connectivity index (χ3n) is 3.75. The molecule has 0 radical (unpaired) electrons. The summed E-state index contributed by atoms with van der Waals surface area (Å²) < 4.78 is 1.98. The monoisotopic (exact) mass is 275 g/mol. The molecule has 2 rings (SSSR count). The molecular formula is C15H25N5. The van der Waals surface area contributed by atoms with Crippen molar-refractivity contribution in [3.63, 3.8) is 0 Å². The average Bonchev–Trinajstić information content (AvgIpc) is 3.04. The van der Waals surface area contributed by atoms with Gasteiger partial charge in [-0.25, -0.2) is 0 Å². The minimum atomic E-state index is 0.0876. The van der Waals surface area contributed by atoms with Gasteiger partial charge in [-0.15, -0.1) is 0 Å². The predicted molar refractivity (Wildman–Crippen MR) is 80.5 cm³/mol. The van der Waals surface area contributed by atoms with Gasteiger partial charge in [0.25, 0.3) is 0 Å². The Morgan fingerprint density at radius 3 is 2.70 bits per heavy atom. The molecule has 5 heteroatoms. The first-order chi connectivity index (χ1) is 9.39. The second-order valence-electron chi connectivity index (χ2n) is 6.42. The van der Waals surface area contributed by atoms with E-state index in [4.69, 9.17) is 0 Å². The molecule has 0 saturated heterocycles. The van der Waals surface area contributed by atoms with Crippen LogP contribution in [0.5, 0.6) is 0 Å². The Kier molecular flexibility index (Phi) is 4.28.